The predicted octanol–water partition coefficient (Wildman–Crippen LogP) is 3.44. The number of amides is 1. The van der Waals surface area contributed by atoms with Crippen LogP contribution in [-0.4, -0.2) is 20.9 Å². The highest BCUT2D eigenvalue weighted by Crippen LogP contribution is 2.32. The molecule has 8 heteroatoms. The van der Waals surface area contributed by atoms with E-state index in [1.54, 1.807) is 12.1 Å². The topological polar surface area (TPSA) is 98.5 Å². The lowest BCUT2D eigenvalue weighted by Crippen LogP contribution is -2.21. The van der Waals surface area contributed by atoms with E-state index < -0.39 is 15.9 Å². The van der Waals surface area contributed by atoms with Gasteiger partial charge in [0, 0.05) is 10.7 Å². The van der Waals surface area contributed by atoms with Crippen LogP contribution in [0, 0.1) is 6.92 Å². The summed E-state index contributed by atoms with van der Waals surface area (Å²) in [4.78, 5) is 12.1. The molecule has 0 aliphatic rings. The molecule has 3 N–H and O–H groups in total. The number of hydrogen-bond donors (Lipinski definition) is 2. The number of nitrogens with two attached hydrogens (primary N) is 1. The van der Waals surface area contributed by atoms with E-state index in [9.17, 15) is 13.2 Å². The molecule has 0 unspecified atom stereocenters. The highest BCUT2D eigenvalue weighted by Gasteiger charge is 2.14. The Morgan fingerprint density at radius 2 is 1.96 bits per heavy atom. The molecule has 0 heterocycles. The van der Waals surface area contributed by atoms with Gasteiger partial charge in [0.25, 0.3) is 5.91 Å². The number of nitrogens with one attached hydrogen (secondary N) is 1. The quantitative estimate of drug-likeness (QED) is 0.781. The minimum absolute atomic E-state index is 0.0772. The van der Waals surface area contributed by atoms with Gasteiger partial charge in [0.1, 0.15) is 5.75 Å². The Labute approximate surface area is 158 Å². The van der Waals surface area contributed by atoms with Crippen LogP contribution in [0.2, 0.25) is 5.02 Å². The van der Waals surface area contributed by atoms with E-state index in [2.05, 4.69) is 5.32 Å². The van der Waals surface area contributed by atoms with Crippen molar-refractivity contribution < 1.29 is 17.9 Å². The van der Waals surface area contributed by atoms with Gasteiger partial charge in [-0.3, -0.25) is 4.79 Å². The number of carbonyl (C=O) groups excluding carboxylic acids is 1. The van der Waals surface area contributed by atoms with E-state index in [1.807, 2.05) is 26.8 Å². The molecule has 0 saturated heterocycles. The first-order valence-corrected chi connectivity index (χ1v) is 9.86. The molecule has 0 fully saturated rings. The lowest BCUT2D eigenvalue weighted by atomic mass is 10.0. The van der Waals surface area contributed by atoms with Crippen LogP contribution in [0.1, 0.15) is 30.9 Å². The lowest BCUT2D eigenvalue weighted by molar-refractivity contribution is -0.118. The maximum absolute atomic E-state index is 12.1. The fourth-order valence-corrected chi connectivity index (χ4v) is 3.07. The maximum atomic E-state index is 12.1. The molecule has 140 valence electrons. The fraction of sp³-hybridized carbons (Fsp3) is 0.278. The fourth-order valence-electron chi connectivity index (χ4n) is 2.34. The van der Waals surface area contributed by atoms with Crippen LogP contribution in [0.5, 0.6) is 5.75 Å². The minimum atomic E-state index is -3.84. The number of hydrogen-bond acceptors (Lipinski definition) is 4. The molecular formula is C18H21ClN2O4S. The van der Waals surface area contributed by atoms with Crippen molar-refractivity contribution in [2.24, 2.45) is 5.14 Å². The van der Waals surface area contributed by atoms with Crippen molar-refractivity contribution in [2.75, 3.05) is 11.9 Å². The van der Waals surface area contributed by atoms with Gasteiger partial charge in [-0.15, -0.1) is 0 Å². The van der Waals surface area contributed by atoms with Crippen LogP contribution in [-0.2, 0) is 14.8 Å². The monoisotopic (exact) mass is 396 g/mol. The molecule has 0 radical (unpaired) electrons. The summed E-state index contributed by atoms with van der Waals surface area (Å²) in [7, 11) is -3.84. The van der Waals surface area contributed by atoms with Crippen LogP contribution in [0.3, 0.4) is 0 Å². The smallest absolute Gasteiger partial charge is 0.262 e. The molecule has 0 bridgehead atoms. The standard InChI is InChI=1S/C18H21ClN2O4S/c1-11(2)15-9-16(19)12(3)7-17(15)25-10-18(22)21-13-5-4-6-14(8-13)26(20,23)24/h4-9,11H,10H2,1-3H3,(H,21,22)(H2,20,23,24). The van der Waals surface area contributed by atoms with E-state index >= 15 is 0 Å². The second-order valence-electron chi connectivity index (χ2n) is 6.20. The highest BCUT2D eigenvalue weighted by molar-refractivity contribution is 7.89. The second-order valence-corrected chi connectivity index (χ2v) is 8.17. The predicted molar refractivity (Wildman–Crippen MR) is 102 cm³/mol. The molecule has 0 spiro atoms. The van der Waals surface area contributed by atoms with Crippen molar-refractivity contribution in [3.63, 3.8) is 0 Å². The largest absolute Gasteiger partial charge is 0.483 e. The van der Waals surface area contributed by atoms with Crippen LogP contribution < -0.4 is 15.2 Å². The molecule has 0 atom stereocenters. The van der Waals surface area contributed by atoms with E-state index in [1.165, 1.54) is 18.2 Å². The average Bonchev–Trinajstić information content (AvgIpc) is 2.54. The van der Waals surface area contributed by atoms with Gasteiger partial charge in [0.05, 0.1) is 4.90 Å². The number of halogens is 1. The number of rotatable bonds is 6. The molecule has 0 saturated carbocycles. The second kappa shape index (κ2) is 8.07. The van der Waals surface area contributed by atoms with Gasteiger partial charge in [-0.25, -0.2) is 13.6 Å². The zero-order chi connectivity index (χ0) is 19.5. The first-order chi connectivity index (χ1) is 12.1. The summed E-state index contributed by atoms with van der Waals surface area (Å²) >= 11 is 6.16. The van der Waals surface area contributed by atoms with Crippen molar-refractivity contribution in [1.29, 1.82) is 0 Å². The molecule has 0 aromatic heterocycles. The average molecular weight is 397 g/mol. The Morgan fingerprint density at radius 1 is 1.27 bits per heavy atom. The summed E-state index contributed by atoms with van der Waals surface area (Å²) in [5, 5.41) is 8.32. The van der Waals surface area contributed by atoms with E-state index in [0.717, 1.165) is 11.1 Å². The number of sulfonamides is 1. The Kier molecular flexibility index (Phi) is 6.28. The van der Waals surface area contributed by atoms with Crippen molar-refractivity contribution >= 4 is 33.2 Å². The Bertz CT molecular complexity index is 927. The first kappa shape index (κ1) is 20.2. The number of ether oxygens (including phenoxy) is 1. The number of carbonyl (C=O) groups is 1. The summed E-state index contributed by atoms with van der Waals surface area (Å²) in [6.45, 7) is 5.65. The van der Waals surface area contributed by atoms with Gasteiger partial charge in [-0.1, -0.05) is 31.5 Å². The number of benzene rings is 2. The third-order valence-electron chi connectivity index (χ3n) is 3.72. The van der Waals surface area contributed by atoms with Crippen molar-refractivity contribution in [3.8, 4) is 5.75 Å². The molecule has 2 rings (SSSR count). The first-order valence-electron chi connectivity index (χ1n) is 7.93. The summed E-state index contributed by atoms with van der Waals surface area (Å²) in [5.74, 6) is 0.354. The molecule has 2 aromatic rings. The van der Waals surface area contributed by atoms with E-state index in [-0.39, 0.29) is 17.4 Å². The number of aryl methyl sites for hydroxylation is 1. The Morgan fingerprint density at radius 3 is 2.58 bits per heavy atom. The summed E-state index contributed by atoms with van der Waals surface area (Å²) in [6.07, 6.45) is 0. The van der Waals surface area contributed by atoms with Crippen LogP contribution in [0.4, 0.5) is 5.69 Å². The van der Waals surface area contributed by atoms with Crippen LogP contribution in [0.25, 0.3) is 0 Å². The molecule has 6 nitrogen and oxygen atoms in total. The molecule has 0 aliphatic carbocycles. The van der Waals surface area contributed by atoms with Gasteiger partial charge >= 0.3 is 0 Å². The zero-order valence-electron chi connectivity index (χ0n) is 14.7. The third kappa shape index (κ3) is 5.20. The summed E-state index contributed by atoms with van der Waals surface area (Å²) in [5.41, 5.74) is 2.08. The van der Waals surface area contributed by atoms with Crippen molar-refractivity contribution in [3.05, 3.63) is 52.5 Å². The van der Waals surface area contributed by atoms with E-state index in [4.69, 9.17) is 21.5 Å². The van der Waals surface area contributed by atoms with E-state index in [0.29, 0.717) is 16.5 Å². The van der Waals surface area contributed by atoms with Crippen molar-refractivity contribution in [1.82, 2.24) is 0 Å². The van der Waals surface area contributed by atoms with Gasteiger partial charge in [0.15, 0.2) is 6.61 Å². The number of anilines is 1. The molecular weight excluding hydrogens is 376 g/mol. The summed E-state index contributed by atoms with van der Waals surface area (Å²) in [6, 6.07) is 9.34. The van der Waals surface area contributed by atoms with Crippen LogP contribution in [0.15, 0.2) is 41.3 Å². The van der Waals surface area contributed by atoms with Crippen LogP contribution >= 0.6 is 11.6 Å². The molecule has 26 heavy (non-hydrogen) atoms. The molecule has 1 amide bonds. The van der Waals surface area contributed by atoms with Gasteiger partial charge in [-0.2, -0.15) is 0 Å². The highest BCUT2D eigenvalue weighted by atomic mass is 35.5. The minimum Gasteiger partial charge on any atom is -0.483 e. The Balaban J connectivity index is 2.09. The SMILES string of the molecule is Cc1cc(OCC(=O)Nc2cccc(S(N)(=O)=O)c2)c(C(C)C)cc1Cl. The maximum Gasteiger partial charge on any atom is 0.262 e. The zero-order valence-corrected chi connectivity index (χ0v) is 16.3. The normalized spacial score (nSPS) is 11.5. The summed E-state index contributed by atoms with van der Waals surface area (Å²) < 4.78 is 28.4. The number of primary sulfonamides is 1. The van der Waals surface area contributed by atoms with Gasteiger partial charge in [-0.05, 0) is 54.3 Å². The Hall–Kier alpha value is -2.09. The van der Waals surface area contributed by atoms with Gasteiger partial charge in [0.2, 0.25) is 10.0 Å². The van der Waals surface area contributed by atoms with Gasteiger partial charge < -0.3 is 10.1 Å². The lowest BCUT2D eigenvalue weighted by Gasteiger charge is -2.16. The molecule has 2 aromatic carbocycles. The van der Waals surface area contributed by atoms with Crippen molar-refractivity contribution in [2.45, 2.75) is 31.6 Å². The molecule has 0 aliphatic heterocycles. The third-order valence-corrected chi connectivity index (χ3v) is 5.04.